The molecule has 4 nitrogen and oxygen atoms in total. The van der Waals surface area contributed by atoms with Crippen molar-refractivity contribution in [2.75, 3.05) is 18.4 Å². The van der Waals surface area contributed by atoms with Crippen molar-refractivity contribution in [3.8, 4) is 11.1 Å². The van der Waals surface area contributed by atoms with Crippen molar-refractivity contribution in [2.24, 2.45) is 5.92 Å². The third kappa shape index (κ3) is 4.69. The maximum atomic E-state index is 13.3. The summed E-state index contributed by atoms with van der Waals surface area (Å²) >= 11 is 0. The van der Waals surface area contributed by atoms with E-state index in [1.807, 2.05) is 35.2 Å². The lowest BCUT2D eigenvalue weighted by Crippen LogP contribution is -2.37. The number of carbonyl (C=O) groups is 2. The number of hydrogen-bond donors (Lipinski definition) is 1. The molecule has 1 heterocycles. The van der Waals surface area contributed by atoms with Crippen LogP contribution in [0.25, 0.3) is 11.1 Å². The van der Waals surface area contributed by atoms with Gasteiger partial charge in [-0.25, -0.2) is 4.39 Å². The Bertz CT molecular complexity index is 781. The highest BCUT2D eigenvalue weighted by Gasteiger charge is 2.22. The van der Waals surface area contributed by atoms with E-state index in [1.54, 1.807) is 13.0 Å². The molecule has 0 spiro atoms. The van der Waals surface area contributed by atoms with Crippen LogP contribution in [0.4, 0.5) is 10.1 Å². The largest absolute Gasteiger partial charge is 0.343 e. The third-order valence-corrected chi connectivity index (χ3v) is 4.86. The number of anilines is 1. The van der Waals surface area contributed by atoms with Gasteiger partial charge in [0.2, 0.25) is 11.8 Å². The van der Waals surface area contributed by atoms with Gasteiger partial charge < -0.3 is 10.2 Å². The van der Waals surface area contributed by atoms with Crippen molar-refractivity contribution in [2.45, 2.75) is 26.2 Å². The summed E-state index contributed by atoms with van der Waals surface area (Å²) in [5.74, 6) is 0.143. The van der Waals surface area contributed by atoms with E-state index in [-0.39, 0.29) is 17.6 Å². The molecule has 0 bridgehead atoms. The summed E-state index contributed by atoms with van der Waals surface area (Å²) in [6.45, 7) is 3.05. The third-order valence-electron chi connectivity index (χ3n) is 4.86. The van der Waals surface area contributed by atoms with Gasteiger partial charge in [-0.1, -0.05) is 24.3 Å². The van der Waals surface area contributed by atoms with E-state index >= 15 is 0 Å². The number of nitrogens with zero attached hydrogens (tertiary/aromatic N) is 1. The van der Waals surface area contributed by atoms with Crippen molar-refractivity contribution in [3.63, 3.8) is 0 Å². The molecule has 1 aliphatic heterocycles. The SMILES string of the molecule is CC(=O)N1CCC(CC(=O)Nc2ccc(-c3cccc(F)c3)cc2)CC1. The standard InChI is InChI=1S/C21H23FN2O2/c1-15(25)24-11-9-16(10-12-24)13-21(26)23-20-7-5-17(6-8-20)18-3-2-4-19(22)14-18/h2-8,14,16H,9-13H2,1H3,(H,23,26). The lowest BCUT2D eigenvalue weighted by Gasteiger charge is -2.30. The number of rotatable bonds is 4. The van der Waals surface area contributed by atoms with Gasteiger partial charge in [0.25, 0.3) is 0 Å². The fourth-order valence-electron chi connectivity index (χ4n) is 3.34. The van der Waals surface area contributed by atoms with E-state index in [1.165, 1.54) is 12.1 Å². The summed E-state index contributed by atoms with van der Waals surface area (Å²) in [5, 5.41) is 2.92. The number of likely N-dealkylation sites (tertiary alicyclic amines) is 1. The molecule has 0 aromatic heterocycles. The molecule has 1 fully saturated rings. The van der Waals surface area contributed by atoms with Gasteiger partial charge in [0.05, 0.1) is 0 Å². The fraction of sp³-hybridized carbons (Fsp3) is 0.333. The van der Waals surface area contributed by atoms with Gasteiger partial charge in [-0.05, 0) is 54.2 Å². The smallest absolute Gasteiger partial charge is 0.224 e. The van der Waals surface area contributed by atoms with Gasteiger partial charge in [0.15, 0.2) is 0 Å². The number of hydrogen-bond acceptors (Lipinski definition) is 2. The maximum absolute atomic E-state index is 13.3. The molecule has 2 aromatic rings. The molecular weight excluding hydrogens is 331 g/mol. The lowest BCUT2D eigenvalue weighted by molar-refractivity contribution is -0.130. The topological polar surface area (TPSA) is 49.4 Å². The molecule has 136 valence electrons. The van der Waals surface area contributed by atoms with Gasteiger partial charge >= 0.3 is 0 Å². The molecule has 0 aliphatic carbocycles. The minimum atomic E-state index is -0.268. The second kappa shape index (κ2) is 8.13. The lowest BCUT2D eigenvalue weighted by atomic mass is 9.93. The van der Waals surface area contributed by atoms with Crippen LogP contribution in [0, 0.1) is 11.7 Å². The van der Waals surface area contributed by atoms with E-state index in [2.05, 4.69) is 5.32 Å². The van der Waals surface area contributed by atoms with Crippen LogP contribution < -0.4 is 5.32 Å². The highest BCUT2D eigenvalue weighted by molar-refractivity contribution is 5.91. The molecule has 5 heteroatoms. The number of nitrogens with one attached hydrogen (secondary N) is 1. The van der Waals surface area contributed by atoms with Crippen LogP contribution in [-0.2, 0) is 9.59 Å². The molecular formula is C21H23FN2O2. The Morgan fingerprint density at radius 2 is 1.77 bits per heavy atom. The number of halogens is 1. The predicted octanol–water partition coefficient (Wildman–Crippen LogP) is 4.08. The molecule has 2 aromatic carbocycles. The van der Waals surface area contributed by atoms with E-state index in [0.29, 0.717) is 12.3 Å². The molecule has 26 heavy (non-hydrogen) atoms. The van der Waals surface area contributed by atoms with Gasteiger partial charge in [0.1, 0.15) is 5.82 Å². The van der Waals surface area contributed by atoms with Crippen LogP contribution in [0.3, 0.4) is 0 Å². The second-order valence-electron chi connectivity index (χ2n) is 6.79. The Kier molecular flexibility index (Phi) is 5.66. The number of amides is 2. The first-order valence-electron chi connectivity index (χ1n) is 8.92. The van der Waals surface area contributed by atoms with Gasteiger partial charge in [-0.15, -0.1) is 0 Å². The summed E-state index contributed by atoms with van der Waals surface area (Å²) in [7, 11) is 0. The number of benzene rings is 2. The zero-order valence-electron chi connectivity index (χ0n) is 14.9. The van der Waals surface area contributed by atoms with Crippen LogP contribution >= 0.6 is 0 Å². The number of piperidine rings is 1. The second-order valence-corrected chi connectivity index (χ2v) is 6.79. The van der Waals surface area contributed by atoms with Crippen molar-refractivity contribution >= 4 is 17.5 Å². The molecule has 1 aliphatic rings. The normalized spacial score (nSPS) is 14.9. The van der Waals surface area contributed by atoms with Crippen LogP contribution in [0.5, 0.6) is 0 Å². The fourth-order valence-corrected chi connectivity index (χ4v) is 3.34. The summed E-state index contributed by atoms with van der Waals surface area (Å²) in [5.41, 5.74) is 2.44. The molecule has 0 saturated carbocycles. The molecule has 0 atom stereocenters. The Hall–Kier alpha value is -2.69. The summed E-state index contributed by atoms with van der Waals surface area (Å²) < 4.78 is 13.3. The van der Waals surface area contributed by atoms with E-state index < -0.39 is 0 Å². The maximum Gasteiger partial charge on any atom is 0.224 e. The van der Waals surface area contributed by atoms with E-state index in [9.17, 15) is 14.0 Å². The zero-order chi connectivity index (χ0) is 18.5. The highest BCUT2D eigenvalue weighted by Crippen LogP contribution is 2.24. The van der Waals surface area contributed by atoms with Crippen molar-refractivity contribution in [3.05, 3.63) is 54.3 Å². The molecule has 0 radical (unpaired) electrons. The van der Waals surface area contributed by atoms with Crippen LogP contribution in [0.15, 0.2) is 48.5 Å². The predicted molar refractivity (Wildman–Crippen MR) is 100 cm³/mol. The number of carbonyl (C=O) groups excluding carboxylic acids is 2. The quantitative estimate of drug-likeness (QED) is 0.899. The summed E-state index contributed by atoms with van der Waals surface area (Å²) in [4.78, 5) is 25.4. The van der Waals surface area contributed by atoms with Gasteiger partial charge in [-0.2, -0.15) is 0 Å². The van der Waals surface area contributed by atoms with Crippen LogP contribution in [0.1, 0.15) is 26.2 Å². The Balaban J connectivity index is 1.53. The minimum absolute atomic E-state index is 0.00946. The summed E-state index contributed by atoms with van der Waals surface area (Å²) in [6, 6.07) is 13.8. The van der Waals surface area contributed by atoms with Crippen molar-refractivity contribution in [1.29, 1.82) is 0 Å². The van der Waals surface area contributed by atoms with Gasteiger partial charge in [0, 0.05) is 32.1 Å². The Morgan fingerprint density at radius 1 is 1.08 bits per heavy atom. The summed E-state index contributed by atoms with van der Waals surface area (Å²) in [6.07, 6.45) is 2.20. The van der Waals surface area contributed by atoms with Gasteiger partial charge in [-0.3, -0.25) is 9.59 Å². The first-order chi connectivity index (χ1) is 12.5. The van der Waals surface area contributed by atoms with Crippen molar-refractivity contribution < 1.29 is 14.0 Å². The molecule has 3 rings (SSSR count). The van der Waals surface area contributed by atoms with Crippen LogP contribution in [-0.4, -0.2) is 29.8 Å². The average Bonchev–Trinajstić information content (AvgIpc) is 2.62. The zero-order valence-corrected chi connectivity index (χ0v) is 14.9. The monoisotopic (exact) mass is 354 g/mol. The molecule has 0 unspecified atom stereocenters. The Morgan fingerprint density at radius 3 is 2.38 bits per heavy atom. The van der Waals surface area contributed by atoms with Crippen molar-refractivity contribution in [1.82, 2.24) is 4.90 Å². The highest BCUT2D eigenvalue weighted by atomic mass is 19.1. The molecule has 2 amide bonds. The van der Waals surface area contributed by atoms with Crippen LogP contribution in [0.2, 0.25) is 0 Å². The average molecular weight is 354 g/mol. The minimum Gasteiger partial charge on any atom is -0.343 e. The molecule has 1 N–H and O–H groups in total. The molecule has 1 saturated heterocycles. The van der Waals surface area contributed by atoms with E-state index in [0.717, 1.165) is 42.7 Å². The van der Waals surface area contributed by atoms with E-state index in [4.69, 9.17) is 0 Å². The Labute approximate surface area is 153 Å². The first-order valence-corrected chi connectivity index (χ1v) is 8.92. The first kappa shape index (κ1) is 18.1.